The van der Waals surface area contributed by atoms with Crippen molar-refractivity contribution in [1.29, 1.82) is 0 Å². The first kappa shape index (κ1) is 10.6. The summed E-state index contributed by atoms with van der Waals surface area (Å²) in [5.74, 6) is -0.165. The molecule has 0 radical (unpaired) electrons. The summed E-state index contributed by atoms with van der Waals surface area (Å²) in [4.78, 5) is 14.1. The van der Waals surface area contributed by atoms with Gasteiger partial charge in [0.25, 0.3) is 5.91 Å². The molecule has 0 aromatic carbocycles. The summed E-state index contributed by atoms with van der Waals surface area (Å²) < 4.78 is 5.08. The fourth-order valence-corrected chi connectivity index (χ4v) is 1.02. The molecule has 0 saturated carbocycles. The van der Waals surface area contributed by atoms with Gasteiger partial charge in [0.05, 0.1) is 6.61 Å². The molecule has 0 aliphatic heterocycles. The standard InChI is InChI=1S/C9H15N3O2/c1-2-14-4-3-11-9(13)8-5-7(10)6-12-8/h5-6,12H,2-4,10H2,1H3,(H,11,13). The molecular formula is C9H15N3O2. The lowest BCUT2D eigenvalue weighted by atomic mass is 10.4. The average molecular weight is 197 g/mol. The predicted molar refractivity (Wildman–Crippen MR) is 54.0 cm³/mol. The van der Waals surface area contributed by atoms with Crippen LogP contribution in [0.25, 0.3) is 0 Å². The second kappa shape index (κ2) is 5.29. The summed E-state index contributed by atoms with van der Waals surface area (Å²) in [5.41, 5.74) is 6.48. The SMILES string of the molecule is CCOCCNC(=O)c1cc(N)c[nH]1. The zero-order valence-corrected chi connectivity index (χ0v) is 8.17. The first-order valence-corrected chi connectivity index (χ1v) is 4.54. The summed E-state index contributed by atoms with van der Waals surface area (Å²) >= 11 is 0. The number of H-pyrrole nitrogens is 1. The van der Waals surface area contributed by atoms with E-state index in [0.29, 0.717) is 31.1 Å². The molecule has 0 aliphatic carbocycles. The molecule has 1 heterocycles. The number of amides is 1. The van der Waals surface area contributed by atoms with E-state index < -0.39 is 0 Å². The maximum atomic E-state index is 11.4. The third-order valence-electron chi connectivity index (χ3n) is 1.69. The van der Waals surface area contributed by atoms with E-state index in [1.807, 2.05) is 6.92 Å². The molecule has 0 spiro atoms. The van der Waals surface area contributed by atoms with Gasteiger partial charge in [-0.25, -0.2) is 0 Å². The summed E-state index contributed by atoms with van der Waals surface area (Å²) in [7, 11) is 0. The van der Waals surface area contributed by atoms with Gasteiger partial charge in [-0.15, -0.1) is 0 Å². The van der Waals surface area contributed by atoms with Gasteiger partial charge in [-0.05, 0) is 13.0 Å². The Morgan fingerprint density at radius 3 is 3.07 bits per heavy atom. The lowest BCUT2D eigenvalue weighted by Crippen LogP contribution is -2.27. The number of hydrogen-bond donors (Lipinski definition) is 3. The largest absolute Gasteiger partial charge is 0.397 e. The van der Waals surface area contributed by atoms with Crippen molar-refractivity contribution in [2.75, 3.05) is 25.5 Å². The molecule has 0 aliphatic rings. The summed E-state index contributed by atoms with van der Waals surface area (Å²) in [6.45, 7) is 3.60. The average Bonchev–Trinajstić information content (AvgIpc) is 2.59. The van der Waals surface area contributed by atoms with Crippen molar-refractivity contribution in [3.8, 4) is 0 Å². The van der Waals surface area contributed by atoms with Crippen LogP contribution >= 0.6 is 0 Å². The van der Waals surface area contributed by atoms with Crippen LogP contribution in [-0.2, 0) is 4.74 Å². The first-order chi connectivity index (χ1) is 6.74. The minimum absolute atomic E-state index is 0.165. The molecule has 0 bridgehead atoms. The van der Waals surface area contributed by atoms with E-state index in [-0.39, 0.29) is 5.91 Å². The number of anilines is 1. The second-order valence-electron chi connectivity index (χ2n) is 2.80. The van der Waals surface area contributed by atoms with Gasteiger partial charge in [0, 0.05) is 25.0 Å². The smallest absolute Gasteiger partial charge is 0.267 e. The van der Waals surface area contributed by atoms with Crippen molar-refractivity contribution in [1.82, 2.24) is 10.3 Å². The molecule has 1 aromatic heterocycles. The van der Waals surface area contributed by atoms with Crippen molar-refractivity contribution in [3.63, 3.8) is 0 Å². The quantitative estimate of drug-likeness (QED) is 0.596. The topological polar surface area (TPSA) is 80.1 Å². The highest BCUT2D eigenvalue weighted by Gasteiger charge is 2.05. The number of nitrogen functional groups attached to an aromatic ring is 1. The molecule has 5 nitrogen and oxygen atoms in total. The molecule has 1 rings (SSSR count). The van der Waals surface area contributed by atoms with Gasteiger partial charge in [0.2, 0.25) is 0 Å². The maximum absolute atomic E-state index is 11.4. The number of rotatable bonds is 5. The summed E-state index contributed by atoms with van der Waals surface area (Å²) in [6.07, 6.45) is 1.58. The van der Waals surface area contributed by atoms with Crippen molar-refractivity contribution < 1.29 is 9.53 Å². The monoisotopic (exact) mass is 197 g/mol. The van der Waals surface area contributed by atoms with E-state index >= 15 is 0 Å². The molecule has 78 valence electrons. The number of nitrogens with one attached hydrogen (secondary N) is 2. The lowest BCUT2D eigenvalue weighted by Gasteiger charge is -2.03. The van der Waals surface area contributed by atoms with E-state index in [2.05, 4.69) is 10.3 Å². The zero-order valence-electron chi connectivity index (χ0n) is 8.17. The van der Waals surface area contributed by atoms with Crippen LogP contribution in [0, 0.1) is 0 Å². The molecule has 1 amide bonds. The van der Waals surface area contributed by atoms with Crippen molar-refractivity contribution in [3.05, 3.63) is 18.0 Å². The van der Waals surface area contributed by atoms with E-state index in [9.17, 15) is 4.79 Å². The molecule has 0 fully saturated rings. The third kappa shape index (κ3) is 3.10. The Kier molecular flexibility index (Phi) is 4.00. The van der Waals surface area contributed by atoms with Crippen LogP contribution in [0.15, 0.2) is 12.3 Å². The normalized spacial score (nSPS) is 10.1. The number of ether oxygens (including phenoxy) is 1. The summed E-state index contributed by atoms with van der Waals surface area (Å²) in [5, 5.41) is 2.70. The molecule has 5 heteroatoms. The Morgan fingerprint density at radius 2 is 2.50 bits per heavy atom. The van der Waals surface area contributed by atoms with Crippen LogP contribution in [0.1, 0.15) is 17.4 Å². The van der Waals surface area contributed by atoms with Gasteiger partial charge in [-0.3, -0.25) is 4.79 Å². The Balaban J connectivity index is 2.29. The Morgan fingerprint density at radius 1 is 1.71 bits per heavy atom. The summed E-state index contributed by atoms with van der Waals surface area (Å²) in [6, 6.07) is 1.59. The van der Waals surface area contributed by atoms with Crippen molar-refractivity contribution >= 4 is 11.6 Å². The Labute approximate surface area is 82.6 Å². The maximum Gasteiger partial charge on any atom is 0.267 e. The van der Waals surface area contributed by atoms with Gasteiger partial charge in [0.1, 0.15) is 5.69 Å². The molecule has 1 aromatic rings. The van der Waals surface area contributed by atoms with Crippen LogP contribution in [-0.4, -0.2) is 30.6 Å². The predicted octanol–water partition coefficient (Wildman–Crippen LogP) is 0.363. The third-order valence-corrected chi connectivity index (χ3v) is 1.69. The molecule has 14 heavy (non-hydrogen) atoms. The van der Waals surface area contributed by atoms with Gasteiger partial charge < -0.3 is 20.8 Å². The van der Waals surface area contributed by atoms with Crippen LogP contribution < -0.4 is 11.1 Å². The van der Waals surface area contributed by atoms with E-state index in [1.165, 1.54) is 0 Å². The minimum atomic E-state index is -0.165. The molecule has 4 N–H and O–H groups in total. The van der Waals surface area contributed by atoms with E-state index in [4.69, 9.17) is 10.5 Å². The van der Waals surface area contributed by atoms with Crippen LogP contribution in [0.3, 0.4) is 0 Å². The van der Waals surface area contributed by atoms with Crippen LogP contribution in [0.4, 0.5) is 5.69 Å². The molecule has 0 atom stereocenters. The number of carbonyl (C=O) groups is 1. The van der Waals surface area contributed by atoms with E-state index in [1.54, 1.807) is 12.3 Å². The zero-order chi connectivity index (χ0) is 10.4. The number of aromatic amines is 1. The van der Waals surface area contributed by atoms with E-state index in [0.717, 1.165) is 0 Å². The number of carbonyl (C=O) groups excluding carboxylic acids is 1. The van der Waals surface area contributed by atoms with Crippen molar-refractivity contribution in [2.45, 2.75) is 6.92 Å². The van der Waals surface area contributed by atoms with Crippen molar-refractivity contribution in [2.24, 2.45) is 0 Å². The fraction of sp³-hybridized carbons (Fsp3) is 0.444. The van der Waals surface area contributed by atoms with Crippen LogP contribution in [0.2, 0.25) is 0 Å². The fourth-order valence-electron chi connectivity index (χ4n) is 1.02. The molecule has 0 saturated heterocycles. The number of nitrogens with two attached hydrogens (primary N) is 1. The second-order valence-corrected chi connectivity index (χ2v) is 2.80. The Bertz CT molecular complexity index is 296. The number of aromatic nitrogens is 1. The van der Waals surface area contributed by atoms with Crippen LogP contribution in [0.5, 0.6) is 0 Å². The van der Waals surface area contributed by atoms with Gasteiger partial charge in [-0.2, -0.15) is 0 Å². The highest BCUT2D eigenvalue weighted by molar-refractivity contribution is 5.93. The first-order valence-electron chi connectivity index (χ1n) is 4.54. The molecule has 0 unspecified atom stereocenters. The lowest BCUT2D eigenvalue weighted by molar-refractivity contribution is 0.0918. The molecular weight excluding hydrogens is 182 g/mol. The van der Waals surface area contributed by atoms with Gasteiger partial charge in [-0.1, -0.05) is 0 Å². The number of hydrogen-bond acceptors (Lipinski definition) is 3. The van der Waals surface area contributed by atoms with Gasteiger partial charge in [0.15, 0.2) is 0 Å². The minimum Gasteiger partial charge on any atom is -0.397 e. The highest BCUT2D eigenvalue weighted by atomic mass is 16.5. The Hall–Kier alpha value is -1.49. The highest BCUT2D eigenvalue weighted by Crippen LogP contribution is 2.03. The van der Waals surface area contributed by atoms with Gasteiger partial charge >= 0.3 is 0 Å².